The normalized spacial score (nSPS) is 19.2. The Morgan fingerprint density at radius 3 is 2.60 bits per heavy atom. The number of nitrogens with zero attached hydrogens (tertiary/aromatic N) is 1. The summed E-state index contributed by atoms with van der Waals surface area (Å²) in [4.78, 5) is 4.54. The van der Waals surface area contributed by atoms with Gasteiger partial charge in [0.15, 0.2) is 17.5 Å². The molecule has 0 bridgehead atoms. The summed E-state index contributed by atoms with van der Waals surface area (Å²) in [5, 5.41) is 6.58. The van der Waals surface area contributed by atoms with Gasteiger partial charge in [-0.2, -0.15) is 8.78 Å². The summed E-state index contributed by atoms with van der Waals surface area (Å²) in [6.45, 7) is 4.69. The summed E-state index contributed by atoms with van der Waals surface area (Å²) in [7, 11) is 0. The van der Waals surface area contributed by atoms with Crippen LogP contribution in [0.5, 0.6) is 11.5 Å². The van der Waals surface area contributed by atoms with Gasteiger partial charge in [0.1, 0.15) is 0 Å². The first-order chi connectivity index (χ1) is 11.5. The predicted octanol–water partition coefficient (Wildman–Crippen LogP) is 3.77. The average Bonchev–Trinajstić information content (AvgIpc) is 3.22. The van der Waals surface area contributed by atoms with Crippen LogP contribution >= 0.6 is 24.0 Å². The molecular weight excluding hydrogens is 443 g/mol. The molecule has 2 rings (SSSR count). The van der Waals surface area contributed by atoms with E-state index in [4.69, 9.17) is 4.74 Å². The van der Waals surface area contributed by atoms with Crippen molar-refractivity contribution >= 4 is 29.9 Å². The molecule has 1 fully saturated rings. The molecular formula is C17H26F2IN3O2. The lowest BCUT2D eigenvalue weighted by Gasteiger charge is -2.13. The number of hydrogen-bond donors (Lipinski definition) is 2. The maximum atomic E-state index is 12.4. The largest absolute Gasteiger partial charge is 0.490 e. The van der Waals surface area contributed by atoms with E-state index in [1.807, 2.05) is 6.92 Å². The molecule has 0 saturated heterocycles. The van der Waals surface area contributed by atoms with Crippen LogP contribution in [0.1, 0.15) is 32.8 Å². The Balaban J connectivity index is 0.00000312. The summed E-state index contributed by atoms with van der Waals surface area (Å²) < 4.78 is 34.7. The number of ether oxygens (including phenoxy) is 2. The maximum absolute atomic E-state index is 12.4. The zero-order valence-corrected chi connectivity index (χ0v) is 17.1. The van der Waals surface area contributed by atoms with E-state index in [2.05, 4.69) is 27.3 Å². The van der Waals surface area contributed by atoms with Crippen LogP contribution in [-0.2, 0) is 6.54 Å². The summed E-state index contributed by atoms with van der Waals surface area (Å²) >= 11 is 0. The van der Waals surface area contributed by atoms with Gasteiger partial charge in [-0.1, -0.05) is 13.0 Å². The highest BCUT2D eigenvalue weighted by Crippen LogP contribution is 2.30. The van der Waals surface area contributed by atoms with Crippen LogP contribution in [0.3, 0.4) is 0 Å². The Kier molecular flexibility index (Phi) is 9.23. The minimum absolute atomic E-state index is 0. The van der Waals surface area contributed by atoms with Gasteiger partial charge < -0.3 is 20.1 Å². The van der Waals surface area contributed by atoms with Crippen molar-refractivity contribution in [2.45, 2.75) is 46.4 Å². The first-order valence-corrected chi connectivity index (χ1v) is 8.28. The summed E-state index contributed by atoms with van der Waals surface area (Å²) in [5.41, 5.74) is 0.862. The number of aliphatic imine (C=N–C) groups is 1. The molecule has 25 heavy (non-hydrogen) atoms. The summed E-state index contributed by atoms with van der Waals surface area (Å²) in [5.74, 6) is 1.78. The van der Waals surface area contributed by atoms with E-state index in [0.29, 0.717) is 30.9 Å². The standard InChI is InChI=1S/C17H25F2N3O2.HI/c1-4-20-17(22-13-8-11(13)3)21-10-12-6-7-14(24-16(18)19)15(9-12)23-5-2;/h6-7,9,11,13,16H,4-5,8,10H2,1-3H3,(H2,20,21,22);1H. The van der Waals surface area contributed by atoms with Gasteiger partial charge in [0.2, 0.25) is 0 Å². The Hall–Kier alpha value is -1.32. The third-order valence-electron chi connectivity index (χ3n) is 3.72. The van der Waals surface area contributed by atoms with Gasteiger partial charge in [-0.3, -0.25) is 0 Å². The highest BCUT2D eigenvalue weighted by molar-refractivity contribution is 14.0. The molecule has 0 heterocycles. The predicted molar refractivity (Wildman–Crippen MR) is 105 cm³/mol. The van der Waals surface area contributed by atoms with E-state index in [1.165, 1.54) is 6.07 Å². The lowest BCUT2D eigenvalue weighted by Crippen LogP contribution is -2.39. The zero-order chi connectivity index (χ0) is 17.5. The fourth-order valence-corrected chi connectivity index (χ4v) is 2.30. The van der Waals surface area contributed by atoms with Gasteiger partial charge in [0.05, 0.1) is 13.2 Å². The van der Waals surface area contributed by atoms with Crippen molar-refractivity contribution < 1.29 is 18.3 Å². The molecule has 1 saturated carbocycles. The third-order valence-corrected chi connectivity index (χ3v) is 3.72. The Morgan fingerprint density at radius 1 is 1.32 bits per heavy atom. The van der Waals surface area contributed by atoms with Crippen LogP contribution in [0.25, 0.3) is 0 Å². The topological polar surface area (TPSA) is 54.9 Å². The second kappa shape index (κ2) is 10.6. The first kappa shape index (κ1) is 21.7. The highest BCUT2D eigenvalue weighted by atomic mass is 127. The Labute approximate surface area is 164 Å². The fraction of sp³-hybridized carbons (Fsp3) is 0.588. The van der Waals surface area contributed by atoms with Gasteiger partial charge in [-0.05, 0) is 43.9 Å². The van der Waals surface area contributed by atoms with Crippen molar-refractivity contribution in [2.75, 3.05) is 13.2 Å². The van der Waals surface area contributed by atoms with Crippen LogP contribution < -0.4 is 20.1 Å². The van der Waals surface area contributed by atoms with Gasteiger partial charge >= 0.3 is 6.61 Å². The van der Waals surface area contributed by atoms with Crippen molar-refractivity contribution in [2.24, 2.45) is 10.9 Å². The van der Waals surface area contributed by atoms with Crippen molar-refractivity contribution in [3.8, 4) is 11.5 Å². The number of rotatable bonds is 8. The molecule has 1 aliphatic carbocycles. The Morgan fingerprint density at radius 2 is 2.04 bits per heavy atom. The number of nitrogens with one attached hydrogen (secondary N) is 2. The number of benzene rings is 1. The fourth-order valence-electron chi connectivity index (χ4n) is 2.30. The van der Waals surface area contributed by atoms with Crippen molar-refractivity contribution in [3.05, 3.63) is 23.8 Å². The molecule has 2 unspecified atom stereocenters. The molecule has 1 aliphatic rings. The van der Waals surface area contributed by atoms with Crippen molar-refractivity contribution in [1.82, 2.24) is 10.6 Å². The summed E-state index contributed by atoms with van der Waals surface area (Å²) in [6, 6.07) is 5.37. The van der Waals surface area contributed by atoms with Gasteiger partial charge in [-0.25, -0.2) is 4.99 Å². The smallest absolute Gasteiger partial charge is 0.387 e. The highest BCUT2D eigenvalue weighted by Gasteiger charge is 2.33. The second-order valence-electron chi connectivity index (χ2n) is 5.75. The maximum Gasteiger partial charge on any atom is 0.387 e. The van der Waals surface area contributed by atoms with Gasteiger partial charge in [0, 0.05) is 12.6 Å². The molecule has 0 radical (unpaired) electrons. The molecule has 2 N–H and O–H groups in total. The van der Waals surface area contributed by atoms with E-state index >= 15 is 0 Å². The molecule has 1 aromatic carbocycles. The minimum Gasteiger partial charge on any atom is -0.490 e. The molecule has 0 amide bonds. The number of hydrogen-bond acceptors (Lipinski definition) is 3. The van der Waals surface area contributed by atoms with Crippen LogP contribution in [0.4, 0.5) is 8.78 Å². The van der Waals surface area contributed by atoms with E-state index < -0.39 is 6.61 Å². The SMILES string of the molecule is CCNC(=NCc1ccc(OC(F)F)c(OCC)c1)NC1CC1C.I. The molecule has 8 heteroatoms. The molecule has 142 valence electrons. The monoisotopic (exact) mass is 469 g/mol. The number of guanidine groups is 1. The van der Waals surface area contributed by atoms with Crippen LogP contribution in [0, 0.1) is 5.92 Å². The van der Waals surface area contributed by atoms with Crippen LogP contribution in [-0.4, -0.2) is 31.8 Å². The zero-order valence-electron chi connectivity index (χ0n) is 14.7. The second-order valence-corrected chi connectivity index (χ2v) is 5.75. The minimum atomic E-state index is -2.88. The van der Waals surface area contributed by atoms with Crippen molar-refractivity contribution in [1.29, 1.82) is 0 Å². The molecule has 2 atom stereocenters. The van der Waals surface area contributed by atoms with E-state index in [9.17, 15) is 8.78 Å². The van der Waals surface area contributed by atoms with E-state index in [-0.39, 0.29) is 29.7 Å². The Bertz CT molecular complexity index is 573. The number of alkyl halides is 2. The van der Waals surface area contributed by atoms with Crippen molar-refractivity contribution in [3.63, 3.8) is 0 Å². The van der Waals surface area contributed by atoms with Gasteiger partial charge in [-0.15, -0.1) is 24.0 Å². The molecule has 5 nitrogen and oxygen atoms in total. The average molecular weight is 469 g/mol. The van der Waals surface area contributed by atoms with E-state index in [0.717, 1.165) is 24.5 Å². The van der Waals surface area contributed by atoms with E-state index in [1.54, 1.807) is 19.1 Å². The third kappa shape index (κ3) is 7.21. The first-order valence-electron chi connectivity index (χ1n) is 8.28. The lowest BCUT2D eigenvalue weighted by molar-refractivity contribution is -0.0514. The quantitative estimate of drug-likeness (QED) is 0.346. The van der Waals surface area contributed by atoms with Crippen LogP contribution in [0.2, 0.25) is 0 Å². The molecule has 0 aromatic heterocycles. The number of halogens is 3. The van der Waals surface area contributed by atoms with Crippen LogP contribution in [0.15, 0.2) is 23.2 Å². The molecule has 0 spiro atoms. The lowest BCUT2D eigenvalue weighted by atomic mass is 10.2. The molecule has 1 aromatic rings. The molecule has 0 aliphatic heterocycles. The summed E-state index contributed by atoms with van der Waals surface area (Å²) in [6.07, 6.45) is 1.15. The van der Waals surface area contributed by atoms with Gasteiger partial charge in [0.25, 0.3) is 0 Å².